The third kappa shape index (κ3) is 6.17. The Morgan fingerprint density at radius 2 is 1.47 bits per heavy atom. The van der Waals surface area contributed by atoms with E-state index >= 15 is 13.2 Å². The van der Waals surface area contributed by atoms with Crippen LogP contribution in [0.5, 0.6) is 0 Å². The van der Waals surface area contributed by atoms with Crippen molar-refractivity contribution in [1.29, 1.82) is 0 Å². The molecule has 2 saturated carbocycles. The van der Waals surface area contributed by atoms with Gasteiger partial charge in [0, 0.05) is 37.1 Å². The lowest BCUT2D eigenvalue weighted by Gasteiger charge is -2.62. The summed E-state index contributed by atoms with van der Waals surface area (Å²) in [4.78, 5) is 25.2. The van der Waals surface area contributed by atoms with Gasteiger partial charge in [-0.25, -0.2) is 9.78 Å². The van der Waals surface area contributed by atoms with Crippen molar-refractivity contribution in [2.24, 2.45) is 41.4 Å². The summed E-state index contributed by atoms with van der Waals surface area (Å²) in [7, 11) is 0. The summed E-state index contributed by atoms with van der Waals surface area (Å²) in [6.45, 7) is 7.49. The van der Waals surface area contributed by atoms with Crippen molar-refractivity contribution in [3.63, 3.8) is 0 Å². The van der Waals surface area contributed by atoms with Crippen LogP contribution in [-0.4, -0.2) is 95.7 Å². The Hall–Kier alpha value is -1.73. The van der Waals surface area contributed by atoms with Gasteiger partial charge in [-0.3, -0.25) is 9.69 Å². The molecule has 0 aromatic carbocycles. The van der Waals surface area contributed by atoms with Crippen LogP contribution in [-0.2, 0) is 43.0 Å². The van der Waals surface area contributed by atoms with Gasteiger partial charge in [0.15, 0.2) is 17.7 Å². The number of carbonyl (C=O) groups is 1. The zero-order valence-electron chi connectivity index (χ0n) is 31.9. The monoisotopic (exact) mass is 797 g/mol. The van der Waals surface area contributed by atoms with Crippen molar-refractivity contribution in [3.05, 3.63) is 11.3 Å². The molecule has 1 N–H and O–H groups in total. The first-order chi connectivity index (χ1) is 25.7. The third-order valence-electron chi connectivity index (χ3n) is 14.5. The highest BCUT2D eigenvalue weighted by Crippen LogP contribution is 2.66. The highest BCUT2D eigenvalue weighted by molar-refractivity contribution is 5.69. The minimum absolute atomic E-state index is 0.0294. The lowest BCUT2D eigenvalue weighted by Crippen LogP contribution is -2.76. The number of hydrogen-bond donors (Lipinski definition) is 1. The number of carboxylic acids is 1. The average molecular weight is 798 g/mol. The van der Waals surface area contributed by atoms with Gasteiger partial charge >= 0.3 is 18.3 Å². The van der Waals surface area contributed by atoms with Crippen LogP contribution in [0.3, 0.4) is 0 Å². The van der Waals surface area contributed by atoms with E-state index in [2.05, 4.69) is 13.8 Å². The summed E-state index contributed by atoms with van der Waals surface area (Å²) in [6.07, 6.45) is -7.93. The Labute approximate surface area is 316 Å². The van der Waals surface area contributed by atoms with E-state index in [-0.39, 0.29) is 55.2 Å². The van der Waals surface area contributed by atoms with E-state index in [1.807, 2.05) is 0 Å². The van der Waals surface area contributed by atoms with Crippen molar-refractivity contribution in [2.75, 3.05) is 26.2 Å². The minimum atomic E-state index is -4.96. The van der Waals surface area contributed by atoms with Crippen LogP contribution in [0.25, 0.3) is 0 Å². The van der Waals surface area contributed by atoms with E-state index in [0.717, 1.165) is 0 Å². The van der Waals surface area contributed by atoms with E-state index < -0.39 is 96.1 Å². The number of fused-ring (bicyclic) bond motifs is 3. The number of allylic oxidation sites excluding steroid dienone is 1. The fourth-order valence-electron chi connectivity index (χ4n) is 12.0. The second-order valence-electron chi connectivity index (χ2n) is 17.9. The molecule has 2 unspecified atom stereocenters. The summed E-state index contributed by atoms with van der Waals surface area (Å²) in [5.74, 6) is -10.4. The molecule has 14 atom stereocenters. The maximum atomic E-state index is 15.3. The van der Waals surface area contributed by atoms with Gasteiger partial charge in [0.25, 0.3) is 5.79 Å². The molecule has 312 valence electrons. The van der Waals surface area contributed by atoms with Gasteiger partial charge in [-0.15, -0.1) is 0 Å². The van der Waals surface area contributed by atoms with Crippen LogP contribution in [0.4, 0.5) is 26.3 Å². The van der Waals surface area contributed by atoms with Crippen LogP contribution in [0.1, 0.15) is 98.8 Å². The molecule has 2 aliphatic carbocycles. The summed E-state index contributed by atoms with van der Waals surface area (Å²) >= 11 is 0. The Bertz CT molecular complexity index is 1550. The third-order valence-corrected chi connectivity index (χ3v) is 14.5. The molecule has 55 heavy (non-hydrogen) atoms. The number of ether oxygens (including phenoxy) is 6. The number of unbranched alkanes of at least 4 members (excludes halogenated alkanes) is 1. The summed E-state index contributed by atoms with van der Waals surface area (Å²) in [5.41, 5.74) is -2.47. The maximum Gasteiger partial charge on any atom is 0.449 e. The summed E-state index contributed by atoms with van der Waals surface area (Å²) in [5, 5.41) is 9.81. The number of aliphatic carboxylic acids is 1. The molecule has 9 rings (SSSR count). The Morgan fingerprint density at radius 3 is 2.15 bits per heavy atom. The van der Waals surface area contributed by atoms with Gasteiger partial charge < -0.3 is 33.5 Å². The zero-order valence-corrected chi connectivity index (χ0v) is 31.9. The number of rotatable bonds is 10. The molecule has 2 spiro atoms. The summed E-state index contributed by atoms with van der Waals surface area (Å²) < 4.78 is 126. The fraction of sp³-hybridized carbons (Fsp3) is 0.921. The van der Waals surface area contributed by atoms with E-state index in [9.17, 15) is 23.1 Å². The molecule has 7 aliphatic heterocycles. The molecule has 0 aromatic rings. The average Bonchev–Trinajstić information content (AvgIpc) is 3.15. The van der Waals surface area contributed by atoms with Gasteiger partial charge in [0.2, 0.25) is 17.8 Å². The molecule has 0 aromatic heterocycles. The lowest BCUT2D eigenvalue weighted by molar-refractivity contribution is -0.598. The van der Waals surface area contributed by atoms with E-state index in [1.165, 1.54) is 11.8 Å². The van der Waals surface area contributed by atoms with E-state index in [0.29, 0.717) is 51.4 Å². The molecular weight excluding hydrogens is 744 g/mol. The number of halogens is 6. The predicted molar refractivity (Wildman–Crippen MR) is 177 cm³/mol. The van der Waals surface area contributed by atoms with Crippen molar-refractivity contribution < 1.29 is 74.4 Å². The van der Waals surface area contributed by atoms with Crippen LogP contribution >= 0.6 is 0 Å². The standard InChI is InChI=1S/C38H53F6NO10/c1-20-9-11-27-23(29(37(39,40)41)49-30-34(27)24(20)12-14-32(4,50-30)53-34)18-45(19-28(46)47)16-6-7-17-48-36(38(42,43)44)22(3)26-10-8-21(2)25-13-15-33(5)51-31(52-36)35(25,26)55-54-33/h20-22,24-27,30-31H,6-19H2,1-5H3,(H,46,47)/t20-,21-,22-,24?,25?,26+,27+,30-,31+,32+,33+,34-,35-,36-/m1/s1. The smallest absolute Gasteiger partial charge is 0.449 e. The lowest BCUT2D eigenvalue weighted by atomic mass is 9.57. The molecule has 11 nitrogen and oxygen atoms in total. The quantitative estimate of drug-likeness (QED) is 0.135. The van der Waals surface area contributed by atoms with Crippen LogP contribution < -0.4 is 0 Å². The largest absolute Gasteiger partial charge is 0.480 e. The zero-order chi connectivity index (χ0) is 39.6. The maximum absolute atomic E-state index is 15.3. The molecule has 0 amide bonds. The first-order valence-corrected chi connectivity index (χ1v) is 19.9. The SMILES string of the molecule is C[C@@H]1CC[C@H]2C(CN(CCCCO[C@@]3(C(F)(F)F)O[C@@H]4O[C@]5(C)CCC6[C@H](C)CC[C@@H]([C@H]3C)[C@]64OO5)CC(=O)O)=C(C(F)(F)F)O[C@@H]3O[C@]4(C)CCC1[C@]32O4. The van der Waals surface area contributed by atoms with Gasteiger partial charge in [-0.1, -0.05) is 20.8 Å². The van der Waals surface area contributed by atoms with Crippen molar-refractivity contribution in [3.8, 4) is 0 Å². The second-order valence-corrected chi connectivity index (χ2v) is 17.9. The Kier molecular flexibility index (Phi) is 9.76. The topological polar surface area (TPSA) is 114 Å². The van der Waals surface area contributed by atoms with Crippen LogP contribution in [0, 0.1) is 41.4 Å². The highest BCUT2D eigenvalue weighted by Gasteiger charge is 2.77. The Morgan fingerprint density at radius 1 is 0.818 bits per heavy atom. The van der Waals surface area contributed by atoms with Gasteiger partial charge in [0.1, 0.15) is 5.60 Å². The molecule has 6 saturated heterocycles. The number of hydrogen-bond acceptors (Lipinski definition) is 10. The van der Waals surface area contributed by atoms with Crippen molar-refractivity contribution in [1.82, 2.24) is 4.90 Å². The first kappa shape index (κ1) is 40.1. The highest BCUT2D eigenvalue weighted by atomic mass is 19.4. The molecule has 8 fully saturated rings. The fourth-order valence-corrected chi connectivity index (χ4v) is 12.0. The number of nitrogens with zero attached hydrogens (tertiary/aromatic N) is 1. The molecule has 9 aliphatic rings. The van der Waals surface area contributed by atoms with Crippen LogP contribution in [0.2, 0.25) is 0 Å². The van der Waals surface area contributed by atoms with Gasteiger partial charge in [-0.2, -0.15) is 26.3 Å². The van der Waals surface area contributed by atoms with Crippen LogP contribution in [0.15, 0.2) is 11.3 Å². The molecule has 7 heterocycles. The molecule has 4 bridgehead atoms. The molecule has 17 heteroatoms. The van der Waals surface area contributed by atoms with E-state index in [4.69, 9.17) is 38.2 Å². The van der Waals surface area contributed by atoms with Gasteiger partial charge in [0.05, 0.1) is 13.2 Å². The second kappa shape index (κ2) is 13.4. The minimum Gasteiger partial charge on any atom is -0.480 e. The van der Waals surface area contributed by atoms with Crippen molar-refractivity contribution in [2.45, 2.75) is 152 Å². The van der Waals surface area contributed by atoms with E-state index in [1.54, 1.807) is 13.8 Å². The Balaban J connectivity index is 0.995. The summed E-state index contributed by atoms with van der Waals surface area (Å²) in [6, 6.07) is 0. The van der Waals surface area contributed by atoms with Gasteiger partial charge in [-0.05, 0) is 101 Å². The van der Waals surface area contributed by atoms with Crippen molar-refractivity contribution >= 4 is 5.97 Å². The molecular formula is C38H53F6NO10. The predicted octanol–water partition coefficient (Wildman–Crippen LogP) is 7.44. The first-order valence-electron chi connectivity index (χ1n) is 19.9. The molecule has 0 radical (unpaired) electrons. The normalized spacial score (nSPS) is 47.6. The number of alkyl halides is 6. The number of carboxylic acid groups (broad SMARTS) is 1.